The molecule has 5 nitrogen and oxygen atoms in total. The van der Waals surface area contributed by atoms with Crippen LogP contribution in [0.25, 0.3) is 0 Å². The number of hydrogen-bond donors (Lipinski definition) is 1. The van der Waals surface area contributed by atoms with Crippen LogP contribution in [0.5, 0.6) is 0 Å². The summed E-state index contributed by atoms with van der Waals surface area (Å²) in [5.41, 5.74) is 6.62. The van der Waals surface area contributed by atoms with E-state index in [0.717, 1.165) is 28.9 Å². The Morgan fingerprint density at radius 3 is 2.75 bits per heavy atom. The summed E-state index contributed by atoms with van der Waals surface area (Å²) >= 11 is 1.68. The topological polar surface area (TPSA) is 69.1 Å². The minimum absolute atomic E-state index is 0.0412. The fourth-order valence-corrected chi connectivity index (χ4v) is 2.37. The Morgan fingerprint density at radius 1 is 1.38 bits per heavy atom. The van der Waals surface area contributed by atoms with Crippen molar-refractivity contribution >= 4 is 17.5 Å². The summed E-state index contributed by atoms with van der Waals surface area (Å²) in [6.45, 7) is 6.98. The zero-order valence-electron chi connectivity index (χ0n) is 9.90. The first kappa shape index (κ1) is 11.6. The molecule has 0 aliphatic carbocycles. The van der Waals surface area contributed by atoms with Gasteiger partial charge in [0, 0.05) is 17.6 Å². The molecule has 16 heavy (non-hydrogen) atoms. The first-order valence-electron chi connectivity index (χ1n) is 5.38. The highest BCUT2D eigenvalue weighted by atomic mass is 32.2. The Hall–Kier alpha value is -0.880. The molecule has 0 radical (unpaired) electrons. The van der Waals surface area contributed by atoms with Gasteiger partial charge in [0.05, 0.1) is 5.71 Å². The third-order valence-corrected chi connectivity index (χ3v) is 3.32. The lowest BCUT2D eigenvalue weighted by Gasteiger charge is -2.19. The molecule has 0 fully saturated rings. The predicted octanol–water partition coefficient (Wildman–Crippen LogP) is 1.23. The van der Waals surface area contributed by atoms with Gasteiger partial charge in [0.2, 0.25) is 5.16 Å². The molecule has 1 aliphatic rings. The Kier molecular flexibility index (Phi) is 3.03. The lowest BCUT2D eigenvalue weighted by molar-refractivity contribution is 0.508. The molecule has 0 atom stereocenters. The van der Waals surface area contributed by atoms with Gasteiger partial charge in [-0.05, 0) is 6.54 Å². The molecule has 2 heterocycles. The number of rotatable bonds is 2. The average Bonchev–Trinajstić information content (AvgIpc) is 2.60. The molecule has 1 aromatic rings. The van der Waals surface area contributed by atoms with E-state index in [1.807, 2.05) is 4.68 Å². The number of thioether (sulfide) groups is 1. The molecule has 0 bridgehead atoms. The van der Waals surface area contributed by atoms with Crippen molar-refractivity contribution in [1.82, 2.24) is 14.9 Å². The molecule has 0 aromatic carbocycles. The van der Waals surface area contributed by atoms with Crippen molar-refractivity contribution in [2.75, 3.05) is 12.3 Å². The number of nitrogens with zero attached hydrogens (tertiary/aromatic N) is 4. The summed E-state index contributed by atoms with van der Waals surface area (Å²) < 4.78 is 1.86. The average molecular weight is 239 g/mol. The van der Waals surface area contributed by atoms with Gasteiger partial charge in [0.1, 0.15) is 0 Å². The van der Waals surface area contributed by atoms with Crippen LogP contribution in [0.3, 0.4) is 0 Å². The standard InChI is InChI=1S/C10H17N5S/c1-10(2,3)8-12-13-9-15(8)14-7(4-5-11)6-16-9/h4-6,11H2,1-3H3. The predicted molar refractivity (Wildman–Crippen MR) is 66.0 cm³/mol. The van der Waals surface area contributed by atoms with Gasteiger partial charge < -0.3 is 5.73 Å². The van der Waals surface area contributed by atoms with Crippen LogP contribution < -0.4 is 5.73 Å². The normalized spacial score (nSPS) is 15.9. The maximum absolute atomic E-state index is 5.55. The van der Waals surface area contributed by atoms with E-state index in [-0.39, 0.29) is 5.41 Å². The van der Waals surface area contributed by atoms with E-state index in [1.165, 1.54) is 0 Å². The maximum atomic E-state index is 5.55. The van der Waals surface area contributed by atoms with Crippen LogP contribution in [0.4, 0.5) is 0 Å². The summed E-state index contributed by atoms with van der Waals surface area (Å²) in [4.78, 5) is 0. The Bertz CT molecular complexity index is 415. The highest BCUT2D eigenvalue weighted by Crippen LogP contribution is 2.28. The van der Waals surface area contributed by atoms with E-state index < -0.39 is 0 Å². The second-order valence-corrected chi connectivity index (χ2v) is 5.80. The van der Waals surface area contributed by atoms with E-state index in [9.17, 15) is 0 Å². The summed E-state index contributed by atoms with van der Waals surface area (Å²) in [6, 6.07) is 0. The third kappa shape index (κ3) is 2.12. The number of aromatic nitrogens is 3. The molecule has 0 saturated carbocycles. The van der Waals surface area contributed by atoms with Crippen molar-refractivity contribution in [2.45, 2.75) is 37.8 Å². The first-order valence-corrected chi connectivity index (χ1v) is 6.36. The van der Waals surface area contributed by atoms with Gasteiger partial charge in [-0.25, -0.2) is 0 Å². The van der Waals surface area contributed by atoms with Gasteiger partial charge in [0.15, 0.2) is 5.82 Å². The van der Waals surface area contributed by atoms with Gasteiger partial charge in [-0.15, -0.1) is 10.2 Å². The summed E-state index contributed by atoms with van der Waals surface area (Å²) in [5.74, 6) is 1.78. The molecular formula is C10H17N5S. The third-order valence-electron chi connectivity index (χ3n) is 2.33. The molecule has 1 aliphatic heterocycles. The van der Waals surface area contributed by atoms with Crippen LogP contribution in [0, 0.1) is 0 Å². The van der Waals surface area contributed by atoms with Crippen LogP contribution >= 0.6 is 11.8 Å². The Labute approximate surface area is 99.5 Å². The molecular weight excluding hydrogens is 222 g/mol. The molecule has 0 spiro atoms. The quantitative estimate of drug-likeness (QED) is 0.843. The summed E-state index contributed by atoms with van der Waals surface area (Å²) in [6.07, 6.45) is 0.841. The van der Waals surface area contributed by atoms with Gasteiger partial charge in [-0.1, -0.05) is 32.5 Å². The molecule has 6 heteroatoms. The van der Waals surface area contributed by atoms with Crippen molar-refractivity contribution < 1.29 is 0 Å². The molecule has 2 N–H and O–H groups in total. The monoisotopic (exact) mass is 239 g/mol. The molecule has 1 aromatic heterocycles. The molecule has 0 amide bonds. The van der Waals surface area contributed by atoms with Gasteiger partial charge in [-0.2, -0.15) is 9.78 Å². The zero-order valence-corrected chi connectivity index (χ0v) is 10.7. The Balaban J connectivity index is 2.39. The lowest BCUT2D eigenvalue weighted by atomic mass is 9.96. The van der Waals surface area contributed by atoms with Gasteiger partial charge in [-0.3, -0.25) is 0 Å². The fraction of sp³-hybridized carbons (Fsp3) is 0.700. The van der Waals surface area contributed by atoms with Crippen LogP contribution in [-0.4, -0.2) is 32.9 Å². The van der Waals surface area contributed by atoms with Crippen molar-refractivity contribution in [1.29, 1.82) is 0 Å². The van der Waals surface area contributed by atoms with Gasteiger partial charge in [0.25, 0.3) is 0 Å². The number of hydrogen-bond acceptors (Lipinski definition) is 5. The second-order valence-electron chi connectivity index (χ2n) is 4.86. The zero-order chi connectivity index (χ0) is 11.8. The summed E-state index contributed by atoms with van der Waals surface area (Å²) in [7, 11) is 0. The Morgan fingerprint density at radius 2 is 2.12 bits per heavy atom. The van der Waals surface area contributed by atoms with E-state index in [2.05, 4.69) is 36.1 Å². The first-order chi connectivity index (χ1) is 7.52. The second kappa shape index (κ2) is 4.18. The minimum Gasteiger partial charge on any atom is -0.330 e. The lowest BCUT2D eigenvalue weighted by Crippen LogP contribution is -2.22. The van der Waals surface area contributed by atoms with Crippen LogP contribution in [-0.2, 0) is 5.41 Å². The van der Waals surface area contributed by atoms with E-state index in [1.54, 1.807) is 11.8 Å². The molecule has 2 rings (SSSR count). The SMILES string of the molecule is CC(C)(C)c1nnc2n1N=C(CCN)CS2. The van der Waals surface area contributed by atoms with Crippen molar-refractivity contribution in [3.63, 3.8) is 0 Å². The van der Waals surface area contributed by atoms with Crippen LogP contribution in [0.1, 0.15) is 33.0 Å². The molecule has 0 unspecified atom stereocenters. The minimum atomic E-state index is -0.0412. The van der Waals surface area contributed by atoms with E-state index in [0.29, 0.717) is 6.54 Å². The molecule has 88 valence electrons. The highest BCUT2D eigenvalue weighted by molar-refractivity contribution is 7.99. The molecule has 0 saturated heterocycles. The number of nitrogens with two attached hydrogens (primary N) is 1. The van der Waals surface area contributed by atoms with Crippen LogP contribution in [0.15, 0.2) is 10.3 Å². The fourth-order valence-electron chi connectivity index (χ4n) is 1.52. The largest absolute Gasteiger partial charge is 0.330 e. The maximum Gasteiger partial charge on any atom is 0.212 e. The van der Waals surface area contributed by atoms with Crippen molar-refractivity contribution in [2.24, 2.45) is 10.8 Å². The summed E-state index contributed by atoms with van der Waals surface area (Å²) in [5, 5.41) is 13.8. The number of fused-ring (bicyclic) bond motifs is 1. The van der Waals surface area contributed by atoms with Crippen molar-refractivity contribution in [3.05, 3.63) is 5.82 Å². The van der Waals surface area contributed by atoms with Gasteiger partial charge >= 0.3 is 0 Å². The van der Waals surface area contributed by atoms with E-state index >= 15 is 0 Å². The van der Waals surface area contributed by atoms with Crippen molar-refractivity contribution in [3.8, 4) is 0 Å². The van der Waals surface area contributed by atoms with Crippen LogP contribution in [0.2, 0.25) is 0 Å². The highest BCUT2D eigenvalue weighted by Gasteiger charge is 2.26. The van der Waals surface area contributed by atoms with E-state index in [4.69, 9.17) is 5.73 Å². The smallest absolute Gasteiger partial charge is 0.212 e.